The number of hydrogen-bond donors (Lipinski definition) is 1. The number of rotatable bonds is 5. The maximum atomic E-state index is 11.3. The first-order chi connectivity index (χ1) is 11.7. The van der Waals surface area contributed by atoms with Gasteiger partial charge in [-0.2, -0.15) is 0 Å². The zero-order chi connectivity index (χ0) is 16.6. The molecule has 0 amide bonds. The summed E-state index contributed by atoms with van der Waals surface area (Å²) in [6, 6.07) is 14.1. The third kappa shape index (κ3) is 2.51. The molecule has 0 aromatic heterocycles. The first-order valence-corrected chi connectivity index (χ1v) is 8.70. The fourth-order valence-corrected chi connectivity index (χ4v) is 3.70. The molecule has 0 aliphatic carbocycles. The molecule has 0 spiro atoms. The minimum atomic E-state index is -0.790. The van der Waals surface area contributed by atoms with Crippen molar-refractivity contribution in [1.82, 2.24) is 0 Å². The Morgan fingerprint density at radius 1 is 1.08 bits per heavy atom. The van der Waals surface area contributed by atoms with Crippen LogP contribution in [-0.4, -0.2) is 18.4 Å². The molecule has 1 unspecified atom stereocenters. The van der Waals surface area contributed by atoms with Gasteiger partial charge in [0, 0.05) is 23.0 Å². The monoisotopic (exact) mass is 325 g/mol. The summed E-state index contributed by atoms with van der Waals surface area (Å²) in [5, 5.41) is 11.3. The molecule has 2 aromatic rings. The van der Waals surface area contributed by atoms with Crippen LogP contribution in [0.3, 0.4) is 0 Å². The molecule has 0 radical (unpaired) electrons. The minimum Gasteiger partial charge on any atom is -0.454 e. The van der Waals surface area contributed by atoms with Crippen molar-refractivity contribution in [2.24, 2.45) is 0 Å². The number of nitrogens with zero attached hydrogens (tertiary/aromatic N) is 1. The lowest BCUT2D eigenvalue weighted by Gasteiger charge is -2.25. The van der Waals surface area contributed by atoms with Crippen LogP contribution in [0, 0.1) is 0 Å². The summed E-state index contributed by atoms with van der Waals surface area (Å²) >= 11 is 0. The fourth-order valence-electron chi connectivity index (χ4n) is 3.70. The van der Waals surface area contributed by atoms with Gasteiger partial charge in [-0.15, -0.1) is 0 Å². The lowest BCUT2D eigenvalue weighted by Crippen LogP contribution is -2.31. The smallest absolute Gasteiger partial charge is 0.231 e. The number of β-amino-alcohol motifs (C(OH)–C–C–N with tert-alkyl or cyclic N) is 1. The van der Waals surface area contributed by atoms with Crippen molar-refractivity contribution >= 4 is 11.4 Å². The van der Waals surface area contributed by atoms with Gasteiger partial charge in [0.2, 0.25) is 6.79 Å². The number of fused-ring (bicyclic) bond motifs is 2. The Kier molecular flexibility index (Phi) is 3.85. The summed E-state index contributed by atoms with van der Waals surface area (Å²) in [4.78, 5) is 2.18. The number of hydrogen-bond acceptors (Lipinski definition) is 4. The summed E-state index contributed by atoms with van der Waals surface area (Å²) in [5.41, 5.74) is 2.34. The molecule has 2 aliphatic heterocycles. The van der Waals surface area contributed by atoms with Crippen LogP contribution in [0.25, 0.3) is 0 Å². The second-order valence-electron chi connectivity index (χ2n) is 6.63. The molecule has 0 saturated heterocycles. The van der Waals surface area contributed by atoms with E-state index in [1.165, 1.54) is 0 Å². The highest BCUT2D eigenvalue weighted by molar-refractivity contribution is 5.73. The average Bonchev–Trinajstić information content (AvgIpc) is 3.18. The van der Waals surface area contributed by atoms with Crippen LogP contribution in [-0.2, 0) is 5.60 Å². The SMILES string of the molecule is CCCCCC1(O)CN(c2ccc3c(c2)OCO3)c2ccccc21. The molecule has 24 heavy (non-hydrogen) atoms. The van der Waals surface area contributed by atoms with Gasteiger partial charge < -0.3 is 19.5 Å². The van der Waals surface area contributed by atoms with Crippen molar-refractivity contribution in [2.45, 2.75) is 38.2 Å². The second kappa shape index (κ2) is 6.02. The van der Waals surface area contributed by atoms with Gasteiger partial charge in [-0.25, -0.2) is 0 Å². The van der Waals surface area contributed by atoms with Gasteiger partial charge in [-0.05, 0) is 24.6 Å². The van der Waals surface area contributed by atoms with Crippen molar-refractivity contribution < 1.29 is 14.6 Å². The molecule has 1 atom stereocenters. The van der Waals surface area contributed by atoms with E-state index in [0.29, 0.717) is 6.54 Å². The van der Waals surface area contributed by atoms with E-state index in [-0.39, 0.29) is 6.79 Å². The molecule has 2 heterocycles. The summed E-state index contributed by atoms with van der Waals surface area (Å²) in [6.45, 7) is 3.04. The lowest BCUT2D eigenvalue weighted by molar-refractivity contribution is 0.0430. The molecule has 0 saturated carbocycles. The van der Waals surface area contributed by atoms with Crippen molar-refractivity contribution in [3.63, 3.8) is 0 Å². The number of aliphatic hydroxyl groups is 1. The highest BCUT2D eigenvalue weighted by Gasteiger charge is 2.41. The Hall–Kier alpha value is -2.20. The van der Waals surface area contributed by atoms with Crippen molar-refractivity contribution in [2.75, 3.05) is 18.2 Å². The largest absolute Gasteiger partial charge is 0.454 e. The summed E-state index contributed by atoms with van der Waals surface area (Å²) < 4.78 is 10.9. The van der Waals surface area contributed by atoms with E-state index < -0.39 is 5.60 Å². The molecule has 4 rings (SSSR count). The van der Waals surface area contributed by atoms with Crippen LogP contribution in [0.1, 0.15) is 38.2 Å². The molecule has 2 aromatic carbocycles. The van der Waals surface area contributed by atoms with Gasteiger partial charge in [-0.3, -0.25) is 0 Å². The minimum absolute atomic E-state index is 0.274. The van der Waals surface area contributed by atoms with Crippen molar-refractivity contribution in [3.8, 4) is 11.5 Å². The van der Waals surface area contributed by atoms with Gasteiger partial charge in [0.25, 0.3) is 0 Å². The van der Waals surface area contributed by atoms with Crippen LogP contribution in [0.5, 0.6) is 11.5 Å². The summed E-state index contributed by atoms with van der Waals surface area (Å²) in [7, 11) is 0. The normalized spacial score (nSPS) is 21.2. The molecule has 126 valence electrons. The highest BCUT2D eigenvalue weighted by atomic mass is 16.7. The van der Waals surface area contributed by atoms with Crippen molar-refractivity contribution in [3.05, 3.63) is 48.0 Å². The van der Waals surface area contributed by atoms with E-state index in [9.17, 15) is 5.11 Å². The first-order valence-electron chi connectivity index (χ1n) is 8.70. The summed E-state index contributed by atoms with van der Waals surface area (Å²) in [5.74, 6) is 1.55. The van der Waals surface area contributed by atoms with Crippen LogP contribution in [0.2, 0.25) is 0 Å². The molecule has 4 nitrogen and oxygen atoms in total. The predicted molar refractivity (Wildman–Crippen MR) is 94.1 cm³/mol. The molecule has 2 aliphatic rings. The molecule has 4 heteroatoms. The maximum absolute atomic E-state index is 11.3. The Morgan fingerprint density at radius 3 is 2.79 bits per heavy atom. The Morgan fingerprint density at radius 2 is 1.92 bits per heavy atom. The predicted octanol–water partition coefficient (Wildman–Crippen LogP) is 4.33. The third-order valence-electron chi connectivity index (χ3n) is 4.98. The number of benzene rings is 2. The Bertz CT molecular complexity index is 745. The van der Waals surface area contributed by atoms with Gasteiger partial charge in [-0.1, -0.05) is 44.4 Å². The van der Waals surface area contributed by atoms with Gasteiger partial charge in [0.1, 0.15) is 5.60 Å². The standard InChI is InChI=1S/C20H23NO3/c1-2-3-6-11-20(22)13-21(17-8-5-4-7-16(17)20)15-9-10-18-19(12-15)24-14-23-18/h4-5,7-10,12,22H,2-3,6,11,13-14H2,1H3. The third-order valence-corrected chi connectivity index (χ3v) is 4.98. The zero-order valence-corrected chi connectivity index (χ0v) is 14.0. The van der Waals surface area contributed by atoms with Crippen molar-refractivity contribution in [1.29, 1.82) is 0 Å². The van der Waals surface area contributed by atoms with E-state index in [1.807, 2.05) is 36.4 Å². The maximum Gasteiger partial charge on any atom is 0.231 e. The van der Waals surface area contributed by atoms with E-state index in [1.54, 1.807) is 0 Å². The number of anilines is 2. The van der Waals surface area contributed by atoms with Crippen LogP contribution >= 0.6 is 0 Å². The van der Waals surface area contributed by atoms with Crippen LogP contribution in [0.4, 0.5) is 11.4 Å². The van der Waals surface area contributed by atoms with Gasteiger partial charge in [0.15, 0.2) is 11.5 Å². The molecule has 0 fully saturated rings. The van der Waals surface area contributed by atoms with E-state index in [4.69, 9.17) is 9.47 Å². The Balaban J connectivity index is 1.68. The second-order valence-corrected chi connectivity index (χ2v) is 6.63. The van der Waals surface area contributed by atoms with Crippen LogP contribution in [0.15, 0.2) is 42.5 Å². The van der Waals surface area contributed by atoms with E-state index in [0.717, 1.165) is 54.1 Å². The number of ether oxygens (including phenoxy) is 2. The number of unbranched alkanes of at least 4 members (excludes halogenated alkanes) is 2. The Labute approximate surface area is 142 Å². The zero-order valence-electron chi connectivity index (χ0n) is 14.0. The lowest BCUT2D eigenvalue weighted by atomic mass is 9.90. The highest BCUT2D eigenvalue weighted by Crippen LogP contribution is 2.47. The fraction of sp³-hybridized carbons (Fsp3) is 0.400. The summed E-state index contributed by atoms with van der Waals surface area (Å²) in [6.07, 6.45) is 4.13. The molecular weight excluding hydrogens is 302 g/mol. The first kappa shape index (κ1) is 15.3. The topological polar surface area (TPSA) is 41.9 Å². The molecular formula is C20H23NO3. The quantitative estimate of drug-likeness (QED) is 0.831. The number of para-hydroxylation sites is 1. The van der Waals surface area contributed by atoms with Gasteiger partial charge >= 0.3 is 0 Å². The van der Waals surface area contributed by atoms with E-state index in [2.05, 4.69) is 17.9 Å². The average molecular weight is 325 g/mol. The molecule has 0 bridgehead atoms. The van der Waals surface area contributed by atoms with Crippen LogP contribution < -0.4 is 14.4 Å². The van der Waals surface area contributed by atoms with Gasteiger partial charge in [0.05, 0.1) is 6.54 Å². The van der Waals surface area contributed by atoms with E-state index >= 15 is 0 Å². The molecule has 1 N–H and O–H groups in total.